The molecule has 1 atom stereocenters. The van der Waals surface area contributed by atoms with E-state index in [9.17, 15) is 27.6 Å². The molecular weight excluding hydrogens is 297 g/mol. The summed E-state index contributed by atoms with van der Waals surface area (Å²) in [5.74, 6) is -1.99. The second-order valence-corrected chi connectivity index (χ2v) is 4.12. The summed E-state index contributed by atoms with van der Waals surface area (Å²) in [6.07, 6.45) is -6.04. The Morgan fingerprint density at radius 2 is 1.90 bits per heavy atom. The van der Waals surface area contributed by atoms with Crippen LogP contribution in [0.5, 0.6) is 0 Å². The van der Waals surface area contributed by atoms with Gasteiger partial charge in [-0.15, -0.1) is 0 Å². The number of nitrogens with one attached hydrogen (secondary N) is 2. The molecule has 0 heterocycles. The molecule has 0 bridgehead atoms. The predicted molar refractivity (Wildman–Crippen MR) is 64.5 cm³/mol. The van der Waals surface area contributed by atoms with Crippen molar-refractivity contribution < 1.29 is 37.4 Å². The van der Waals surface area contributed by atoms with Gasteiger partial charge >= 0.3 is 24.1 Å². The fourth-order valence-electron chi connectivity index (χ4n) is 1.32. The highest BCUT2D eigenvalue weighted by atomic mass is 19.4. The number of hydrogen-bond acceptors (Lipinski definition) is 4. The largest absolute Gasteiger partial charge is 0.480 e. The number of carboxylic acid groups (broad SMARTS) is 1. The molecule has 0 aliphatic heterocycles. The molecule has 10 heteroatoms. The van der Waals surface area contributed by atoms with Gasteiger partial charge in [0.25, 0.3) is 0 Å². The third-order valence-electron chi connectivity index (χ3n) is 2.39. The standard InChI is InChI=1S/C11H17F3N2O5/c1-21-8(17)4-3-7(9(18)19)16-10(20)15-6-2-5-11(12,13)14/h7H,2-6H2,1H3,(H,18,19)(H2,15,16,20)/t7-/m0/s1. The lowest BCUT2D eigenvalue weighted by atomic mass is 10.1. The zero-order valence-electron chi connectivity index (χ0n) is 11.3. The average molecular weight is 314 g/mol. The Hall–Kier alpha value is -2.00. The van der Waals surface area contributed by atoms with E-state index in [2.05, 4.69) is 15.4 Å². The predicted octanol–water partition coefficient (Wildman–Crippen LogP) is 1.03. The quantitative estimate of drug-likeness (QED) is 0.458. The highest BCUT2D eigenvalue weighted by Gasteiger charge is 2.26. The van der Waals surface area contributed by atoms with Crippen LogP contribution < -0.4 is 10.6 Å². The second-order valence-electron chi connectivity index (χ2n) is 4.12. The highest BCUT2D eigenvalue weighted by Crippen LogP contribution is 2.20. The van der Waals surface area contributed by atoms with Crippen LogP contribution in [-0.2, 0) is 14.3 Å². The molecule has 0 radical (unpaired) electrons. The number of methoxy groups -OCH3 is 1. The van der Waals surface area contributed by atoms with Gasteiger partial charge in [0.15, 0.2) is 0 Å². The number of carbonyl (C=O) groups excluding carboxylic acids is 2. The monoisotopic (exact) mass is 314 g/mol. The van der Waals surface area contributed by atoms with Crippen LogP contribution in [0.1, 0.15) is 25.7 Å². The maximum absolute atomic E-state index is 11.9. The maximum Gasteiger partial charge on any atom is 0.389 e. The number of amides is 2. The van der Waals surface area contributed by atoms with E-state index in [1.54, 1.807) is 0 Å². The van der Waals surface area contributed by atoms with Crippen molar-refractivity contribution in [2.75, 3.05) is 13.7 Å². The number of ether oxygens (including phenoxy) is 1. The summed E-state index contributed by atoms with van der Waals surface area (Å²) >= 11 is 0. The van der Waals surface area contributed by atoms with Gasteiger partial charge in [0.05, 0.1) is 7.11 Å². The average Bonchev–Trinajstić information content (AvgIpc) is 2.37. The molecule has 0 saturated carbocycles. The van der Waals surface area contributed by atoms with Crippen molar-refractivity contribution in [2.24, 2.45) is 0 Å². The lowest BCUT2D eigenvalue weighted by Crippen LogP contribution is -2.46. The summed E-state index contributed by atoms with van der Waals surface area (Å²) in [6.45, 7) is -0.241. The summed E-state index contributed by atoms with van der Waals surface area (Å²) < 4.78 is 39.9. The van der Waals surface area contributed by atoms with Crippen LogP contribution in [0.15, 0.2) is 0 Å². The van der Waals surface area contributed by atoms with Gasteiger partial charge in [0, 0.05) is 19.4 Å². The van der Waals surface area contributed by atoms with E-state index in [1.165, 1.54) is 0 Å². The van der Waals surface area contributed by atoms with Crippen molar-refractivity contribution in [1.82, 2.24) is 10.6 Å². The van der Waals surface area contributed by atoms with Crippen LogP contribution in [0.4, 0.5) is 18.0 Å². The minimum atomic E-state index is -4.30. The summed E-state index contributed by atoms with van der Waals surface area (Å²) in [6, 6.07) is -2.24. The first-order valence-electron chi connectivity index (χ1n) is 6.06. The molecule has 0 aromatic heterocycles. The number of esters is 1. The first-order chi connectivity index (χ1) is 9.65. The number of aliphatic carboxylic acids is 1. The van der Waals surface area contributed by atoms with Crippen LogP contribution in [0.2, 0.25) is 0 Å². The van der Waals surface area contributed by atoms with Crippen LogP contribution in [0, 0.1) is 0 Å². The fraction of sp³-hybridized carbons (Fsp3) is 0.727. The number of alkyl halides is 3. The van der Waals surface area contributed by atoms with Gasteiger partial charge in [-0.25, -0.2) is 9.59 Å². The molecule has 0 fully saturated rings. The smallest absolute Gasteiger partial charge is 0.389 e. The molecule has 0 aromatic rings. The molecule has 0 spiro atoms. The van der Waals surface area contributed by atoms with Crippen molar-refractivity contribution in [1.29, 1.82) is 0 Å². The van der Waals surface area contributed by atoms with Gasteiger partial charge in [0.1, 0.15) is 6.04 Å². The van der Waals surface area contributed by atoms with E-state index >= 15 is 0 Å². The van der Waals surface area contributed by atoms with Crippen molar-refractivity contribution in [3.05, 3.63) is 0 Å². The zero-order valence-corrected chi connectivity index (χ0v) is 11.3. The Labute approximate surface area is 118 Å². The van der Waals surface area contributed by atoms with Crippen LogP contribution >= 0.6 is 0 Å². The Bertz CT molecular complexity index is 373. The van der Waals surface area contributed by atoms with Crippen molar-refractivity contribution in [2.45, 2.75) is 37.9 Å². The zero-order chi connectivity index (χ0) is 16.5. The second kappa shape index (κ2) is 9.03. The van der Waals surface area contributed by atoms with E-state index in [-0.39, 0.29) is 25.8 Å². The highest BCUT2D eigenvalue weighted by molar-refractivity contribution is 5.83. The summed E-state index contributed by atoms with van der Waals surface area (Å²) in [4.78, 5) is 33.0. The van der Waals surface area contributed by atoms with Gasteiger partial charge in [-0.05, 0) is 12.8 Å². The molecule has 3 N–H and O–H groups in total. The first kappa shape index (κ1) is 19.0. The van der Waals surface area contributed by atoms with Gasteiger partial charge in [-0.1, -0.05) is 0 Å². The summed E-state index contributed by atoms with van der Waals surface area (Å²) in [7, 11) is 1.14. The number of carbonyl (C=O) groups is 3. The molecule has 21 heavy (non-hydrogen) atoms. The lowest BCUT2D eigenvalue weighted by Gasteiger charge is -2.14. The third-order valence-corrected chi connectivity index (χ3v) is 2.39. The molecule has 2 amide bonds. The lowest BCUT2D eigenvalue weighted by molar-refractivity contribution is -0.142. The molecule has 7 nitrogen and oxygen atoms in total. The summed E-state index contributed by atoms with van der Waals surface area (Å²) in [5, 5.41) is 13.0. The van der Waals surface area contributed by atoms with Gasteiger partial charge < -0.3 is 20.5 Å². The van der Waals surface area contributed by atoms with Crippen LogP contribution in [-0.4, -0.2) is 48.9 Å². The molecule has 0 aliphatic rings. The summed E-state index contributed by atoms with van der Waals surface area (Å²) in [5.41, 5.74) is 0. The number of hydrogen-bond donors (Lipinski definition) is 3. The molecule has 0 aromatic carbocycles. The van der Waals surface area contributed by atoms with Crippen LogP contribution in [0.3, 0.4) is 0 Å². The Balaban J connectivity index is 4.06. The first-order valence-corrected chi connectivity index (χ1v) is 6.06. The molecule has 122 valence electrons. The maximum atomic E-state index is 11.9. The molecule has 0 saturated heterocycles. The van der Waals surface area contributed by atoms with Crippen molar-refractivity contribution in [3.63, 3.8) is 0 Å². The van der Waals surface area contributed by atoms with Gasteiger partial charge in [0.2, 0.25) is 0 Å². The topological polar surface area (TPSA) is 105 Å². The van der Waals surface area contributed by atoms with Gasteiger partial charge in [-0.2, -0.15) is 13.2 Å². The number of halogens is 3. The molecule has 0 rings (SSSR count). The minimum absolute atomic E-state index is 0.183. The van der Waals surface area contributed by atoms with Crippen LogP contribution in [0.25, 0.3) is 0 Å². The van der Waals surface area contributed by atoms with Gasteiger partial charge in [-0.3, -0.25) is 4.79 Å². The molecule has 0 unspecified atom stereocenters. The number of carboxylic acids is 1. The Morgan fingerprint density at radius 3 is 2.38 bits per heavy atom. The van der Waals surface area contributed by atoms with E-state index < -0.39 is 36.6 Å². The van der Waals surface area contributed by atoms with E-state index in [4.69, 9.17) is 5.11 Å². The Kier molecular flexibility index (Phi) is 8.17. The van der Waals surface area contributed by atoms with E-state index in [0.717, 1.165) is 7.11 Å². The SMILES string of the molecule is COC(=O)CC[C@H](NC(=O)NCCCC(F)(F)F)C(=O)O. The third kappa shape index (κ3) is 10.4. The van der Waals surface area contributed by atoms with Crippen molar-refractivity contribution >= 4 is 18.0 Å². The molecule has 0 aliphatic carbocycles. The van der Waals surface area contributed by atoms with Crippen molar-refractivity contribution in [3.8, 4) is 0 Å². The molecular formula is C11H17F3N2O5. The van der Waals surface area contributed by atoms with E-state index in [1.807, 2.05) is 0 Å². The van der Waals surface area contributed by atoms with E-state index in [0.29, 0.717) is 0 Å². The Morgan fingerprint density at radius 1 is 1.29 bits per heavy atom. The fourth-order valence-corrected chi connectivity index (χ4v) is 1.32. The normalized spacial score (nSPS) is 12.4. The number of rotatable bonds is 8. The minimum Gasteiger partial charge on any atom is -0.480 e. The number of urea groups is 1.